The topological polar surface area (TPSA) is 55.4 Å². The molecule has 1 aromatic carbocycles. The van der Waals surface area contributed by atoms with Crippen LogP contribution >= 0.6 is 0 Å². The average molecular weight is 261 g/mol. The highest BCUT2D eigenvalue weighted by atomic mass is 16.5. The highest BCUT2D eigenvalue weighted by Crippen LogP contribution is 2.30. The molecule has 0 radical (unpaired) electrons. The lowest BCUT2D eigenvalue weighted by Gasteiger charge is -2.20. The number of hydrogen-bond acceptors (Lipinski definition) is 3. The van der Waals surface area contributed by atoms with Crippen molar-refractivity contribution in [1.82, 2.24) is 5.32 Å². The van der Waals surface area contributed by atoms with E-state index in [4.69, 9.17) is 4.74 Å². The fraction of sp³-hybridized carbons (Fsp3) is 0.467. The van der Waals surface area contributed by atoms with Gasteiger partial charge in [-0.15, -0.1) is 0 Å². The molecule has 1 atom stereocenters. The minimum atomic E-state index is -0.492. The number of Topliss-reactive ketones (excluding diaryl/α,β-unsaturated/α-hetero) is 1. The Hall–Kier alpha value is -1.84. The summed E-state index contributed by atoms with van der Waals surface area (Å²) in [6.45, 7) is 6.72. The van der Waals surface area contributed by atoms with Crippen molar-refractivity contribution in [1.29, 1.82) is 0 Å². The number of rotatable bonds is 2. The van der Waals surface area contributed by atoms with Crippen molar-refractivity contribution in [3.63, 3.8) is 0 Å². The maximum absolute atomic E-state index is 12.4. The summed E-state index contributed by atoms with van der Waals surface area (Å²) in [6, 6.07) is 5.22. The molecule has 1 aliphatic heterocycles. The molecule has 2 rings (SSSR count). The van der Waals surface area contributed by atoms with Crippen LogP contribution < -0.4 is 10.1 Å². The zero-order valence-electron chi connectivity index (χ0n) is 11.5. The zero-order valence-corrected chi connectivity index (χ0v) is 11.5. The first-order chi connectivity index (χ1) is 8.93. The molecule has 1 heterocycles. The molecule has 0 aromatic heterocycles. The molecule has 0 bridgehead atoms. The van der Waals surface area contributed by atoms with Crippen molar-refractivity contribution in [3.05, 3.63) is 29.3 Å². The van der Waals surface area contributed by atoms with Gasteiger partial charge in [-0.05, 0) is 23.1 Å². The number of fused-ring (bicyclic) bond motifs is 1. The Kier molecular flexibility index (Phi) is 3.60. The number of amides is 1. The Morgan fingerprint density at radius 1 is 1.37 bits per heavy atom. The summed E-state index contributed by atoms with van der Waals surface area (Å²) in [5.41, 5.74) is 1.61. The highest BCUT2D eigenvalue weighted by molar-refractivity contribution is 6.03. The number of carbonyl (C=O) groups excluding carboxylic acids is 2. The molecule has 1 amide bonds. The Morgan fingerprint density at radius 2 is 2.11 bits per heavy atom. The van der Waals surface area contributed by atoms with Crippen LogP contribution in [0.2, 0.25) is 0 Å². The number of hydrogen-bond donors (Lipinski definition) is 1. The molecule has 102 valence electrons. The van der Waals surface area contributed by atoms with Crippen LogP contribution in [0.1, 0.15) is 43.1 Å². The van der Waals surface area contributed by atoms with Crippen LogP contribution in [0.4, 0.5) is 0 Å². The summed E-state index contributed by atoms with van der Waals surface area (Å²) < 4.78 is 5.59. The molecule has 1 aliphatic rings. The Morgan fingerprint density at radius 3 is 2.74 bits per heavy atom. The van der Waals surface area contributed by atoms with E-state index in [1.165, 1.54) is 0 Å². The van der Waals surface area contributed by atoms with Crippen LogP contribution in [0.25, 0.3) is 0 Å². The summed E-state index contributed by atoms with van der Waals surface area (Å²) in [5, 5.41) is 2.56. The molecule has 4 heteroatoms. The van der Waals surface area contributed by atoms with Gasteiger partial charge in [-0.25, -0.2) is 0 Å². The molecule has 0 saturated carbocycles. The third kappa shape index (κ3) is 2.78. The summed E-state index contributed by atoms with van der Waals surface area (Å²) >= 11 is 0. The second kappa shape index (κ2) is 5.03. The fourth-order valence-corrected chi connectivity index (χ4v) is 2.16. The molecule has 0 spiro atoms. The Balaban J connectivity index is 2.43. The number of nitrogens with one attached hydrogen (secondary N) is 1. The molecule has 1 aromatic rings. The standard InChI is InChI=1S/C15H19NO3/c1-15(2,3)10-4-5-13-11(8-10)14(18)12(16-9-17)6-7-19-13/h4-5,8-9,12H,6-7H2,1-3H3,(H,16,17). The van der Waals surface area contributed by atoms with Gasteiger partial charge in [0.05, 0.1) is 18.2 Å². The van der Waals surface area contributed by atoms with E-state index in [2.05, 4.69) is 26.1 Å². The molecule has 0 aliphatic carbocycles. The largest absolute Gasteiger partial charge is 0.493 e. The van der Waals surface area contributed by atoms with Crippen molar-refractivity contribution in [2.24, 2.45) is 0 Å². The van der Waals surface area contributed by atoms with Gasteiger partial charge >= 0.3 is 0 Å². The van der Waals surface area contributed by atoms with Gasteiger partial charge in [-0.2, -0.15) is 0 Å². The van der Waals surface area contributed by atoms with Gasteiger partial charge in [0.1, 0.15) is 5.75 Å². The van der Waals surface area contributed by atoms with E-state index in [1.54, 1.807) is 0 Å². The van der Waals surface area contributed by atoms with Gasteiger partial charge in [0.2, 0.25) is 6.41 Å². The van der Waals surface area contributed by atoms with Crippen LogP contribution in [-0.4, -0.2) is 24.8 Å². The van der Waals surface area contributed by atoms with Crippen molar-refractivity contribution < 1.29 is 14.3 Å². The van der Waals surface area contributed by atoms with Crippen LogP contribution in [0.5, 0.6) is 5.75 Å². The van der Waals surface area contributed by atoms with Crippen LogP contribution in [0.15, 0.2) is 18.2 Å². The third-order valence-corrected chi connectivity index (χ3v) is 3.36. The first kappa shape index (κ1) is 13.6. The predicted octanol–water partition coefficient (Wildman–Crippen LogP) is 2.06. The second-order valence-corrected chi connectivity index (χ2v) is 5.80. The van der Waals surface area contributed by atoms with Crippen LogP contribution in [0.3, 0.4) is 0 Å². The van der Waals surface area contributed by atoms with E-state index in [9.17, 15) is 9.59 Å². The van der Waals surface area contributed by atoms with E-state index in [1.807, 2.05) is 18.2 Å². The summed E-state index contributed by atoms with van der Waals surface area (Å²) in [7, 11) is 0. The third-order valence-electron chi connectivity index (χ3n) is 3.36. The van der Waals surface area contributed by atoms with Crippen molar-refractivity contribution in [2.45, 2.75) is 38.6 Å². The maximum Gasteiger partial charge on any atom is 0.207 e. The molecule has 19 heavy (non-hydrogen) atoms. The SMILES string of the molecule is CC(C)(C)c1ccc2c(c1)C(=O)C(NC=O)CCO2. The lowest BCUT2D eigenvalue weighted by Crippen LogP contribution is -2.35. The second-order valence-electron chi connectivity index (χ2n) is 5.80. The molecule has 1 N–H and O–H groups in total. The number of benzene rings is 1. The molecule has 0 fully saturated rings. The minimum absolute atomic E-state index is 0.0325. The first-order valence-corrected chi connectivity index (χ1v) is 6.44. The van der Waals surface area contributed by atoms with Gasteiger partial charge in [0, 0.05) is 6.42 Å². The van der Waals surface area contributed by atoms with Gasteiger partial charge in [-0.3, -0.25) is 9.59 Å². The van der Waals surface area contributed by atoms with Crippen molar-refractivity contribution in [2.75, 3.05) is 6.61 Å². The maximum atomic E-state index is 12.4. The molecule has 4 nitrogen and oxygen atoms in total. The number of ketones is 1. The smallest absolute Gasteiger partial charge is 0.207 e. The van der Waals surface area contributed by atoms with E-state index >= 15 is 0 Å². The number of ether oxygens (including phenoxy) is 1. The first-order valence-electron chi connectivity index (χ1n) is 6.44. The van der Waals surface area contributed by atoms with Crippen LogP contribution in [-0.2, 0) is 10.2 Å². The summed E-state index contributed by atoms with van der Waals surface area (Å²) in [5.74, 6) is 0.527. The van der Waals surface area contributed by atoms with E-state index in [0.717, 1.165) is 5.56 Å². The van der Waals surface area contributed by atoms with Gasteiger partial charge < -0.3 is 10.1 Å². The predicted molar refractivity (Wildman–Crippen MR) is 72.6 cm³/mol. The number of carbonyl (C=O) groups is 2. The summed E-state index contributed by atoms with van der Waals surface area (Å²) in [4.78, 5) is 23.0. The van der Waals surface area contributed by atoms with Gasteiger partial charge in [-0.1, -0.05) is 26.8 Å². The average Bonchev–Trinajstić information content (AvgIpc) is 2.49. The Bertz CT molecular complexity index is 503. The molecule has 0 saturated heterocycles. The monoisotopic (exact) mass is 261 g/mol. The fourth-order valence-electron chi connectivity index (χ4n) is 2.16. The summed E-state index contributed by atoms with van der Waals surface area (Å²) in [6.07, 6.45) is 1.07. The zero-order chi connectivity index (χ0) is 14.0. The van der Waals surface area contributed by atoms with E-state index in [-0.39, 0.29) is 11.2 Å². The quantitative estimate of drug-likeness (QED) is 0.829. The Labute approximate surface area is 113 Å². The van der Waals surface area contributed by atoms with Crippen LogP contribution in [0, 0.1) is 0 Å². The minimum Gasteiger partial charge on any atom is -0.493 e. The van der Waals surface area contributed by atoms with Crippen molar-refractivity contribution >= 4 is 12.2 Å². The lowest BCUT2D eigenvalue weighted by molar-refractivity contribution is -0.110. The molecular weight excluding hydrogens is 242 g/mol. The van der Waals surface area contributed by atoms with Gasteiger partial charge in [0.15, 0.2) is 5.78 Å². The van der Waals surface area contributed by atoms with E-state index < -0.39 is 6.04 Å². The lowest BCUT2D eigenvalue weighted by atomic mass is 9.85. The normalized spacial score (nSPS) is 19.1. The molecule has 1 unspecified atom stereocenters. The molecular formula is C15H19NO3. The van der Waals surface area contributed by atoms with E-state index in [0.29, 0.717) is 30.8 Å². The van der Waals surface area contributed by atoms with Crippen molar-refractivity contribution in [3.8, 4) is 5.75 Å². The highest BCUT2D eigenvalue weighted by Gasteiger charge is 2.27. The van der Waals surface area contributed by atoms with Gasteiger partial charge in [0.25, 0.3) is 0 Å².